The maximum absolute atomic E-state index is 12.3. The number of nitrogens with one attached hydrogen (secondary N) is 1. The Morgan fingerprint density at radius 3 is 2.30 bits per heavy atom. The molecule has 0 spiro atoms. The molecule has 138 valence electrons. The quantitative estimate of drug-likeness (QED) is 0.630. The molecule has 1 heterocycles. The third kappa shape index (κ3) is 5.20. The Kier molecular flexibility index (Phi) is 5.31. The van der Waals surface area contributed by atoms with E-state index in [0.717, 1.165) is 0 Å². The first-order chi connectivity index (χ1) is 12.8. The molecule has 3 rings (SSSR count). The summed E-state index contributed by atoms with van der Waals surface area (Å²) in [4.78, 5) is 20.4. The van der Waals surface area contributed by atoms with Gasteiger partial charge in [-0.1, -0.05) is 12.1 Å². The molecule has 0 unspecified atom stereocenters. The number of hydrogen-bond donors (Lipinski definition) is 2. The number of halogens is 3. The van der Waals surface area contributed by atoms with Gasteiger partial charge in [-0.05, 0) is 48.2 Å². The number of phenolic OH excluding ortho intramolecular Hbond substituents is 1. The van der Waals surface area contributed by atoms with E-state index in [-0.39, 0.29) is 28.0 Å². The Morgan fingerprint density at radius 2 is 1.70 bits per heavy atom. The van der Waals surface area contributed by atoms with Crippen LogP contribution in [0.3, 0.4) is 0 Å². The molecule has 0 saturated heterocycles. The first kappa shape index (κ1) is 18.7. The number of phenols is 1. The third-order valence-electron chi connectivity index (χ3n) is 3.36. The average Bonchev–Trinajstić information content (AvgIpc) is 2.61. The Bertz CT molecular complexity index is 945. The van der Waals surface area contributed by atoms with E-state index in [2.05, 4.69) is 15.3 Å². The van der Waals surface area contributed by atoms with E-state index in [1.165, 1.54) is 48.8 Å². The van der Waals surface area contributed by atoms with Gasteiger partial charge in [0.05, 0.1) is 18.1 Å². The average molecular weight is 391 g/mol. The molecule has 2 aromatic carbocycles. The minimum absolute atomic E-state index is 0.00199. The van der Waals surface area contributed by atoms with Gasteiger partial charge >= 0.3 is 5.51 Å². The highest BCUT2D eigenvalue weighted by Gasteiger charge is 2.29. The summed E-state index contributed by atoms with van der Waals surface area (Å²) in [6, 6.07) is 11.5. The van der Waals surface area contributed by atoms with Gasteiger partial charge in [0.1, 0.15) is 5.75 Å². The Hall–Kier alpha value is -3.07. The van der Waals surface area contributed by atoms with Gasteiger partial charge in [-0.2, -0.15) is 13.2 Å². The van der Waals surface area contributed by atoms with E-state index in [9.17, 15) is 23.1 Å². The van der Waals surface area contributed by atoms with E-state index < -0.39 is 11.4 Å². The summed E-state index contributed by atoms with van der Waals surface area (Å²) in [5.41, 5.74) is -3.22. The third-order valence-corrected chi connectivity index (χ3v) is 4.10. The second-order valence-corrected chi connectivity index (χ2v) is 6.51. The predicted molar refractivity (Wildman–Crippen MR) is 95.4 cm³/mol. The molecule has 3 aromatic rings. The standard InChI is InChI=1S/C18H12F3N3O2S/c19-18(20,21)27-15-6-4-11(5-7-15)17(26)24-13-9-22-16(23-10-13)12-2-1-3-14(25)8-12/h1-10,25H,(H,24,26). The number of nitrogens with zero attached hydrogens (tertiary/aromatic N) is 2. The smallest absolute Gasteiger partial charge is 0.446 e. The molecule has 27 heavy (non-hydrogen) atoms. The number of alkyl halides is 3. The number of thioether (sulfide) groups is 1. The predicted octanol–water partition coefficient (Wildman–Crippen LogP) is 4.71. The van der Waals surface area contributed by atoms with Gasteiger partial charge in [0, 0.05) is 16.0 Å². The lowest BCUT2D eigenvalue weighted by atomic mass is 10.2. The van der Waals surface area contributed by atoms with Gasteiger partial charge in [-0.3, -0.25) is 4.79 Å². The fourth-order valence-electron chi connectivity index (χ4n) is 2.20. The summed E-state index contributed by atoms with van der Waals surface area (Å²) >= 11 is -0.244. The summed E-state index contributed by atoms with van der Waals surface area (Å²) in [6.07, 6.45) is 2.80. The second-order valence-electron chi connectivity index (χ2n) is 5.37. The molecule has 0 atom stereocenters. The SMILES string of the molecule is O=C(Nc1cnc(-c2cccc(O)c2)nc1)c1ccc(SC(F)(F)F)cc1. The van der Waals surface area contributed by atoms with Gasteiger partial charge in [0.15, 0.2) is 5.82 Å². The van der Waals surface area contributed by atoms with Crippen LogP contribution in [0.15, 0.2) is 65.8 Å². The van der Waals surface area contributed by atoms with Gasteiger partial charge in [-0.15, -0.1) is 0 Å². The zero-order valence-electron chi connectivity index (χ0n) is 13.6. The van der Waals surface area contributed by atoms with Crippen molar-refractivity contribution in [1.82, 2.24) is 9.97 Å². The monoisotopic (exact) mass is 391 g/mol. The summed E-state index contributed by atoms with van der Waals surface area (Å²) in [5, 5.41) is 12.1. The minimum Gasteiger partial charge on any atom is -0.508 e. The number of rotatable bonds is 4. The van der Waals surface area contributed by atoms with Crippen molar-refractivity contribution >= 4 is 23.4 Å². The van der Waals surface area contributed by atoms with Crippen LogP contribution in [0.4, 0.5) is 18.9 Å². The van der Waals surface area contributed by atoms with Crippen LogP contribution >= 0.6 is 11.8 Å². The molecular formula is C18H12F3N3O2S. The molecule has 0 saturated carbocycles. The van der Waals surface area contributed by atoms with Crippen LogP contribution in [0.25, 0.3) is 11.4 Å². The molecule has 0 aliphatic rings. The number of aromatic hydroxyl groups is 1. The van der Waals surface area contributed by atoms with Crippen molar-refractivity contribution in [2.24, 2.45) is 0 Å². The first-order valence-corrected chi connectivity index (χ1v) is 8.40. The number of benzene rings is 2. The molecule has 1 aromatic heterocycles. The second kappa shape index (κ2) is 7.67. The molecule has 0 aliphatic carbocycles. The fraction of sp³-hybridized carbons (Fsp3) is 0.0556. The molecule has 9 heteroatoms. The number of hydrogen-bond acceptors (Lipinski definition) is 5. The number of amides is 1. The van der Waals surface area contributed by atoms with Crippen LogP contribution < -0.4 is 5.32 Å². The number of carbonyl (C=O) groups excluding carboxylic acids is 1. The van der Waals surface area contributed by atoms with Crippen molar-refractivity contribution in [2.75, 3.05) is 5.32 Å². The van der Waals surface area contributed by atoms with Gasteiger partial charge in [0.2, 0.25) is 0 Å². The molecule has 0 fully saturated rings. The van der Waals surface area contributed by atoms with Crippen molar-refractivity contribution in [3.63, 3.8) is 0 Å². The molecular weight excluding hydrogens is 379 g/mol. The lowest BCUT2D eigenvalue weighted by Gasteiger charge is -2.08. The molecule has 0 aliphatic heterocycles. The van der Waals surface area contributed by atoms with Crippen LogP contribution in [0, 0.1) is 0 Å². The number of carbonyl (C=O) groups is 1. The van der Waals surface area contributed by atoms with Crippen LogP contribution in [0.5, 0.6) is 5.75 Å². The first-order valence-electron chi connectivity index (χ1n) is 7.59. The molecule has 0 bridgehead atoms. The van der Waals surface area contributed by atoms with Crippen molar-refractivity contribution < 1.29 is 23.1 Å². The summed E-state index contributed by atoms with van der Waals surface area (Å²) in [6.45, 7) is 0. The zero-order chi connectivity index (χ0) is 19.4. The number of aromatic nitrogens is 2. The highest BCUT2D eigenvalue weighted by atomic mass is 32.2. The van der Waals surface area contributed by atoms with Crippen LogP contribution in [-0.2, 0) is 0 Å². The lowest BCUT2D eigenvalue weighted by Crippen LogP contribution is -2.12. The summed E-state index contributed by atoms with van der Waals surface area (Å²) in [7, 11) is 0. The molecule has 1 amide bonds. The van der Waals surface area contributed by atoms with Crippen molar-refractivity contribution in [2.45, 2.75) is 10.4 Å². The van der Waals surface area contributed by atoms with Gasteiger partial charge < -0.3 is 10.4 Å². The minimum atomic E-state index is -4.38. The topological polar surface area (TPSA) is 75.1 Å². The highest BCUT2D eigenvalue weighted by Crippen LogP contribution is 2.36. The lowest BCUT2D eigenvalue weighted by molar-refractivity contribution is -0.0328. The van der Waals surface area contributed by atoms with Crippen molar-refractivity contribution in [1.29, 1.82) is 0 Å². The Labute approximate surface area is 156 Å². The van der Waals surface area contributed by atoms with Crippen LogP contribution in [0.1, 0.15) is 10.4 Å². The molecule has 0 radical (unpaired) electrons. The van der Waals surface area contributed by atoms with Gasteiger partial charge in [-0.25, -0.2) is 9.97 Å². The molecule has 5 nitrogen and oxygen atoms in total. The molecule has 2 N–H and O–H groups in total. The normalized spacial score (nSPS) is 11.2. The van der Waals surface area contributed by atoms with Crippen molar-refractivity contribution in [3.8, 4) is 17.1 Å². The maximum Gasteiger partial charge on any atom is 0.446 e. The largest absolute Gasteiger partial charge is 0.508 e. The van der Waals surface area contributed by atoms with Crippen LogP contribution in [0.2, 0.25) is 0 Å². The Morgan fingerprint density at radius 1 is 1.04 bits per heavy atom. The Balaban J connectivity index is 1.67. The van der Waals surface area contributed by atoms with E-state index >= 15 is 0 Å². The number of anilines is 1. The van der Waals surface area contributed by atoms with Crippen molar-refractivity contribution in [3.05, 3.63) is 66.5 Å². The van der Waals surface area contributed by atoms with E-state index in [1.807, 2.05) is 0 Å². The van der Waals surface area contributed by atoms with E-state index in [4.69, 9.17) is 0 Å². The summed E-state index contributed by atoms with van der Waals surface area (Å²) < 4.78 is 37.0. The fourth-order valence-corrected chi connectivity index (χ4v) is 2.74. The van der Waals surface area contributed by atoms with E-state index in [0.29, 0.717) is 17.1 Å². The maximum atomic E-state index is 12.3. The van der Waals surface area contributed by atoms with E-state index in [1.54, 1.807) is 12.1 Å². The van der Waals surface area contributed by atoms with Gasteiger partial charge in [0.25, 0.3) is 5.91 Å². The zero-order valence-corrected chi connectivity index (χ0v) is 14.4. The highest BCUT2D eigenvalue weighted by molar-refractivity contribution is 8.00. The summed E-state index contributed by atoms with van der Waals surface area (Å²) in [5.74, 6) is -0.0368. The van der Waals surface area contributed by atoms with Crippen LogP contribution in [-0.4, -0.2) is 26.5 Å².